The van der Waals surface area contributed by atoms with Crippen molar-refractivity contribution < 1.29 is 19.4 Å². The zero-order valence-electron chi connectivity index (χ0n) is 9.22. The SMILES string of the molecule is CC(CC(O)c1ccc(F)c(C#N)c1)C(=O)O. The van der Waals surface area contributed by atoms with Crippen LogP contribution in [-0.2, 0) is 4.79 Å². The predicted octanol–water partition coefficient (Wildman–Crippen LogP) is 1.84. The van der Waals surface area contributed by atoms with E-state index in [1.165, 1.54) is 19.1 Å². The van der Waals surface area contributed by atoms with E-state index in [0.717, 1.165) is 6.07 Å². The minimum absolute atomic E-state index is 0.0197. The van der Waals surface area contributed by atoms with Crippen molar-refractivity contribution in [2.75, 3.05) is 0 Å². The third-order valence-corrected chi connectivity index (χ3v) is 2.49. The molecule has 17 heavy (non-hydrogen) atoms. The maximum Gasteiger partial charge on any atom is 0.306 e. The number of halogens is 1. The molecule has 0 aliphatic rings. The highest BCUT2D eigenvalue weighted by atomic mass is 19.1. The second-order valence-corrected chi connectivity index (χ2v) is 3.84. The Labute approximate surface area is 97.9 Å². The van der Waals surface area contributed by atoms with Crippen LogP contribution >= 0.6 is 0 Å². The van der Waals surface area contributed by atoms with E-state index < -0.39 is 23.8 Å². The van der Waals surface area contributed by atoms with Gasteiger partial charge in [0.2, 0.25) is 0 Å². The summed E-state index contributed by atoms with van der Waals surface area (Å²) < 4.78 is 13.0. The molecular formula is C12H12FNO3. The van der Waals surface area contributed by atoms with Crippen LogP contribution in [0, 0.1) is 23.1 Å². The number of aliphatic carboxylic acids is 1. The van der Waals surface area contributed by atoms with Gasteiger partial charge in [0.05, 0.1) is 17.6 Å². The Kier molecular flexibility index (Phi) is 4.18. The number of nitrogens with zero attached hydrogens (tertiary/aromatic N) is 1. The molecule has 5 heteroatoms. The molecule has 0 amide bonds. The Hall–Kier alpha value is -1.93. The van der Waals surface area contributed by atoms with Crippen molar-refractivity contribution in [1.82, 2.24) is 0 Å². The van der Waals surface area contributed by atoms with Crippen molar-refractivity contribution in [2.45, 2.75) is 19.4 Å². The molecule has 0 aliphatic carbocycles. The Balaban J connectivity index is 2.87. The van der Waals surface area contributed by atoms with Crippen LogP contribution in [0.4, 0.5) is 4.39 Å². The van der Waals surface area contributed by atoms with Crippen molar-refractivity contribution in [2.24, 2.45) is 5.92 Å². The Morgan fingerprint density at radius 2 is 2.24 bits per heavy atom. The molecule has 2 unspecified atom stereocenters. The van der Waals surface area contributed by atoms with E-state index >= 15 is 0 Å². The first kappa shape index (κ1) is 13.1. The van der Waals surface area contributed by atoms with Crippen LogP contribution in [0.2, 0.25) is 0 Å². The van der Waals surface area contributed by atoms with Crippen LogP contribution in [0.15, 0.2) is 18.2 Å². The first-order valence-electron chi connectivity index (χ1n) is 5.06. The van der Waals surface area contributed by atoms with E-state index in [4.69, 9.17) is 10.4 Å². The molecule has 0 bridgehead atoms. The quantitative estimate of drug-likeness (QED) is 0.837. The summed E-state index contributed by atoms with van der Waals surface area (Å²) in [6.07, 6.45) is -1.000. The molecule has 2 N–H and O–H groups in total. The van der Waals surface area contributed by atoms with Gasteiger partial charge < -0.3 is 10.2 Å². The van der Waals surface area contributed by atoms with Gasteiger partial charge in [-0.3, -0.25) is 4.79 Å². The molecule has 0 heterocycles. The normalized spacial score (nSPS) is 13.8. The largest absolute Gasteiger partial charge is 0.481 e. The molecule has 0 saturated heterocycles. The molecule has 0 aromatic heterocycles. The van der Waals surface area contributed by atoms with E-state index in [2.05, 4.69) is 0 Å². The lowest BCUT2D eigenvalue weighted by molar-refractivity contribution is -0.142. The third kappa shape index (κ3) is 3.26. The Bertz CT molecular complexity index is 467. The van der Waals surface area contributed by atoms with Gasteiger partial charge >= 0.3 is 5.97 Å². The second-order valence-electron chi connectivity index (χ2n) is 3.84. The molecule has 1 aromatic rings. The highest BCUT2D eigenvalue weighted by Crippen LogP contribution is 2.23. The van der Waals surface area contributed by atoms with E-state index in [9.17, 15) is 14.3 Å². The van der Waals surface area contributed by atoms with Crippen molar-refractivity contribution in [3.63, 3.8) is 0 Å². The van der Waals surface area contributed by atoms with Crippen LogP contribution < -0.4 is 0 Å². The lowest BCUT2D eigenvalue weighted by atomic mass is 9.97. The predicted molar refractivity (Wildman–Crippen MR) is 57.5 cm³/mol. The summed E-state index contributed by atoms with van der Waals surface area (Å²) in [5.74, 6) is -2.37. The van der Waals surface area contributed by atoms with Crippen LogP contribution in [0.25, 0.3) is 0 Å². The second kappa shape index (κ2) is 5.41. The summed E-state index contributed by atoms with van der Waals surface area (Å²) in [4.78, 5) is 10.6. The van der Waals surface area contributed by atoms with E-state index in [1.807, 2.05) is 0 Å². The minimum Gasteiger partial charge on any atom is -0.481 e. The van der Waals surface area contributed by atoms with Gasteiger partial charge in [0.25, 0.3) is 0 Å². The number of nitriles is 1. The highest BCUT2D eigenvalue weighted by Gasteiger charge is 2.18. The Morgan fingerprint density at radius 1 is 1.59 bits per heavy atom. The smallest absolute Gasteiger partial charge is 0.306 e. The standard InChI is InChI=1S/C12H12FNO3/c1-7(12(16)17)4-11(15)8-2-3-10(13)9(5-8)6-14/h2-3,5,7,11,15H,4H2,1H3,(H,16,17). The van der Waals surface area contributed by atoms with Gasteiger partial charge in [0.1, 0.15) is 11.9 Å². The summed E-state index contributed by atoms with van der Waals surface area (Å²) in [6.45, 7) is 1.47. The minimum atomic E-state index is -1.02. The topological polar surface area (TPSA) is 81.3 Å². The lowest BCUT2D eigenvalue weighted by Gasteiger charge is -2.13. The number of benzene rings is 1. The van der Waals surface area contributed by atoms with Crippen LogP contribution in [0.5, 0.6) is 0 Å². The van der Waals surface area contributed by atoms with E-state index in [-0.39, 0.29) is 12.0 Å². The first-order valence-corrected chi connectivity index (χ1v) is 5.06. The third-order valence-electron chi connectivity index (χ3n) is 2.49. The van der Waals surface area contributed by atoms with Crippen molar-refractivity contribution in [3.8, 4) is 6.07 Å². The first-order chi connectivity index (χ1) is 7.95. The molecule has 2 atom stereocenters. The summed E-state index contributed by atoms with van der Waals surface area (Å²) in [5, 5.41) is 27.1. The molecule has 0 spiro atoms. The molecule has 90 valence electrons. The number of aliphatic hydroxyl groups excluding tert-OH is 1. The lowest BCUT2D eigenvalue weighted by Crippen LogP contribution is -2.13. The van der Waals surface area contributed by atoms with Crippen LogP contribution in [0.3, 0.4) is 0 Å². The van der Waals surface area contributed by atoms with Gasteiger partial charge in [-0.2, -0.15) is 5.26 Å². The van der Waals surface area contributed by atoms with Crippen molar-refractivity contribution in [1.29, 1.82) is 5.26 Å². The molecule has 4 nitrogen and oxygen atoms in total. The van der Waals surface area contributed by atoms with Crippen LogP contribution in [-0.4, -0.2) is 16.2 Å². The monoisotopic (exact) mass is 237 g/mol. The number of carboxylic acids is 1. The molecular weight excluding hydrogens is 225 g/mol. The van der Waals surface area contributed by atoms with Gasteiger partial charge in [-0.15, -0.1) is 0 Å². The molecule has 1 aromatic carbocycles. The van der Waals surface area contributed by atoms with Crippen LogP contribution in [0.1, 0.15) is 30.6 Å². The summed E-state index contributed by atoms with van der Waals surface area (Å²) >= 11 is 0. The average Bonchev–Trinajstić information content (AvgIpc) is 2.29. The fourth-order valence-electron chi connectivity index (χ4n) is 1.41. The van der Waals surface area contributed by atoms with Gasteiger partial charge in [-0.1, -0.05) is 13.0 Å². The van der Waals surface area contributed by atoms with Crippen molar-refractivity contribution in [3.05, 3.63) is 35.1 Å². The fourth-order valence-corrected chi connectivity index (χ4v) is 1.41. The maximum absolute atomic E-state index is 13.0. The highest BCUT2D eigenvalue weighted by molar-refractivity contribution is 5.69. The number of hydrogen-bond acceptors (Lipinski definition) is 3. The Morgan fingerprint density at radius 3 is 2.76 bits per heavy atom. The van der Waals surface area contributed by atoms with Gasteiger partial charge in [-0.25, -0.2) is 4.39 Å². The van der Waals surface area contributed by atoms with Gasteiger partial charge in [0.15, 0.2) is 0 Å². The summed E-state index contributed by atoms with van der Waals surface area (Å²) in [6, 6.07) is 5.32. The average molecular weight is 237 g/mol. The number of hydrogen-bond donors (Lipinski definition) is 2. The summed E-state index contributed by atoms with van der Waals surface area (Å²) in [5.41, 5.74) is 0.181. The zero-order chi connectivity index (χ0) is 13.0. The van der Waals surface area contributed by atoms with Gasteiger partial charge in [-0.05, 0) is 24.1 Å². The van der Waals surface area contributed by atoms with E-state index in [0.29, 0.717) is 5.56 Å². The van der Waals surface area contributed by atoms with E-state index in [1.54, 1.807) is 6.07 Å². The number of rotatable bonds is 4. The zero-order valence-corrected chi connectivity index (χ0v) is 9.22. The van der Waals surface area contributed by atoms with Crippen molar-refractivity contribution >= 4 is 5.97 Å². The fraction of sp³-hybridized carbons (Fsp3) is 0.333. The molecule has 1 rings (SSSR count). The van der Waals surface area contributed by atoms with Gasteiger partial charge in [0, 0.05) is 0 Å². The number of carbonyl (C=O) groups is 1. The molecule has 0 fully saturated rings. The number of carboxylic acid groups (broad SMARTS) is 1. The molecule has 0 saturated carbocycles. The molecule has 0 aliphatic heterocycles. The maximum atomic E-state index is 13.0. The summed E-state index contributed by atoms with van der Waals surface area (Å²) in [7, 11) is 0. The number of aliphatic hydroxyl groups is 1. The molecule has 0 radical (unpaired) electrons.